The Hall–Kier alpha value is -0.410. The largest absolute Gasteiger partial charge is 0.381 e. The minimum atomic E-state index is 0.106. The lowest BCUT2D eigenvalue weighted by Gasteiger charge is -2.01. The molecule has 0 rings (SSSR count). The number of hydrogen-bond acceptors (Lipinski definition) is 3. The molecule has 0 unspecified atom stereocenters. The average Bonchev–Trinajstić information content (AvgIpc) is 2.05. The minimum absolute atomic E-state index is 0.106. The van der Waals surface area contributed by atoms with Crippen molar-refractivity contribution >= 4 is 5.78 Å². The Bertz CT molecular complexity index is 112. The monoisotopic (exact) mass is 174 g/mol. The number of hydrogen-bond donors (Lipinski definition) is 0. The Balaban J connectivity index is 3.03. The fraction of sp³-hybridized carbons (Fsp3) is 0.889. The molecule has 0 aliphatic heterocycles. The number of ether oxygens (including phenoxy) is 2. The van der Waals surface area contributed by atoms with Gasteiger partial charge in [-0.05, 0) is 6.42 Å². The lowest BCUT2D eigenvalue weighted by molar-refractivity contribution is -0.123. The lowest BCUT2D eigenvalue weighted by atomic mass is 10.3. The standard InChI is InChI=1S/C9H18O3/c1-3-4-6-12-7-5-9(10)8-11-2/h3-8H2,1-2H3. The van der Waals surface area contributed by atoms with Crippen LogP contribution in [0.4, 0.5) is 0 Å². The summed E-state index contributed by atoms with van der Waals surface area (Å²) in [7, 11) is 1.52. The van der Waals surface area contributed by atoms with Crippen LogP contribution < -0.4 is 0 Å². The molecule has 0 heterocycles. The zero-order valence-corrected chi connectivity index (χ0v) is 7.97. The molecule has 0 saturated carbocycles. The smallest absolute Gasteiger partial charge is 0.160 e. The third-order valence-corrected chi connectivity index (χ3v) is 1.47. The predicted octanol–water partition coefficient (Wildman–Crippen LogP) is 1.41. The van der Waals surface area contributed by atoms with Crippen LogP contribution in [0.3, 0.4) is 0 Å². The van der Waals surface area contributed by atoms with Gasteiger partial charge < -0.3 is 9.47 Å². The first kappa shape index (κ1) is 11.6. The summed E-state index contributed by atoms with van der Waals surface area (Å²) < 4.78 is 9.89. The first-order chi connectivity index (χ1) is 5.81. The first-order valence-corrected chi connectivity index (χ1v) is 4.39. The van der Waals surface area contributed by atoms with Crippen molar-refractivity contribution in [2.45, 2.75) is 26.2 Å². The quantitative estimate of drug-likeness (QED) is 0.522. The van der Waals surface area contributed by atoms with Crippen molar-refractivity contribution in [3.8, 4) is 0 Å². The SMILES string of the molecule is CCCCOCCC(=O)COC. The number of Topliss-reactive ketones (excluding diaryl/α,β-unsaturated/α-hetero) is 1. The van der Waals surface area contributed by atoms with E-state index in [9.17, 15) is 4.79 Å². The summed E-state index contributed by atoms with van der Waals surface area (Å²) in [5.74, 6) is 0.106. The molecule has 0 N–H and O–H groups in total. The van der Waals surface area contributed by atoms with E-state index in [2.05, 4.69) is 11.7 Å². The maximum absolute atomic E-state index is 10.9. The lowest BCUT2D eigenvalue weighted by Crippen LogP contribution is -2.10. The van der Waals surface area contributed by atoms with E-state index in [-0.39, 0.29) is 12.4 Å². The maximum atomic E-state index is 10.9. The maximum Gasteiger partial charge on any atom is 0.160 e. The molecule has 0 amide bonds. The van der Waals surface area contributed by atoms with Crippen LogP contribution >= 0.6 is 0 Å². The van der Waals surface area contributed by atoms with Crippen molar-refractivity contribution in [2.75, 3.05) is 26.9 Å². The average molecular weight is 174 g/mol. The second kappa shape index (κ2) is 8.68. The van der Waals surface area contributed by atoms with Gasteiger partial charge >= 0.3 is 0 Å². The molecule has 0 saturated heterocycles. The molecule has 0 bridgehead atoms. The molecule has 0 aromatic rings. The number of methoxy groups -OCH3 is 1. The Morgan fingerprint density at radius 1 is 1.33 bits per heavy atom. The van der Waals surface area contributed by atoms with E-state index in [1.54, 1.807) is 0 Å². The van der Waals surface area contributed by atoms with Crippen molar-refractivity contribution in [3.05, 3.63) is 0 Å². The number of rotatable bonds is 8. The van der Waals surface area contributed by atoms with E-state index >= 15 is 0 Å². The zero-order chi connectivity index (χ0) is 9.23. The van der Waals surface area contributed by atoms with Gasteiger partial charge in [-0.3, -0.25) is 4.79 Å². The van der Waals surface area contributed by atoms with Crippen LogP contribution in [0.25, 0.3) is 0 Å². The highest BCUT2D eigenvalue weighted by Gasteiger charge is 1.99. The normalized spacial score (nSPS) is 10.2. The molecule has 0 aliphatic rings. The highest BCUT2D eigenvalue weighted by atomic mass is 16.5. The summed E-state index contributed by atoms with van der Waals surface area (Å²) in [4.78, 5) is 10.9. The molecular formula is C9H18O3. The summed E-state index contributed by atoms with van der Waals surface area (Å²) in [6, 6.07) is 0. The van der Waals surface area contributed by atoms with Crippen molar-refractivity contribution in [2.24, 2.45) is 0 Å². The molecule has 12 heavy (non-hydrogen) atoms. The van der Waals surface area contributed by atoms with Gasteiger partial charge in [0.2, 0.25) is 0 Å². The molecule has 0 radical (unpaired) electrons. The number of ketones is 1. The van der Waals surface area contributed by atoms with Crippen molar-refractivity contribution in [1.82, 2.24) is 0 Å². The molecule has 3 nitrogen and oxygen atoms in total. The van der Waals surface area contributed by atoms with Gasteiger partial charge in [0.05, 0.1) is 6.61 Å². The Morgan fingerprint density at radius 2 is 2.08 bits per heavy atom. The summed E-state index contributed by atoms with van der Waals surface area (Å²) >= 11 is 0. The van der Waals surface area contributed by atoms with E-state index in [0.29, 0.717) is 13.0 Å². The van der Waals surface area contributed by atoms with E-state index < -0.39 is 0 Å². The van der Waals surface area contributed by atoms with Crippen molar-refractivity contribution in [1.29, 1.82) is 0 Å². The fourth-order valence-corrected chi connectivity index (χ4v) is 0.768. The van der Waals surface area contributed by atoms with E-state index in [0.717, 1.165) is 19.4 Å². The summed E-state index contributed by atoms with van der Waals surface area (Å²) in [6.07, 6.45) is 2.67. The van der Waals surface area contributed by atoms with E-state index in [1.807, 2.05) is 0 Å². The Kier molecular flexibility index (Phi) is 8.39. The molecule has 0 fully saturated rings. The van der Waals surface area contributed by atoms with Crippen LogP contribution in [0.1, 0.15) is 26.2 Å². The first-order valence-electron chi connectivity index (χ1n) is 4.39. The van der Waals surface area contributed by atoms with Gasteiger partial charge in [0, 0.05) is 20.1 Å². The third kappa shape index (κ3) is 7.69. The van der Waals surface area contributed by atoms with Gasteiger partial charge in [-0.1, -0.05) is 13.3 Å². The van der Waals surface area contributed by atoms with Crippen molar-refractivity contribution in [3.63, 3.8) is 0 Å². The van der Waals surface area contributed by atoms with Crippen molar-refractivity contribution < 1.29 is 14.3 Å². The van der Waals surface area contributed by atoms with Gasteiger partial charge in [0.1, 0.15) is 6.61 Å². The van der Waals surface area contributed by atoms with Crippen LogP contribution in [0.5, 0.6) is 0 Å². The number of unbranched alkanes of at least 4 members (excludes halogenated alkanes) is 1. The zero-order valence-electron chi connectivity index (χ0n) is 7.97. The summed E-state index contributed by atoms with van der Waals surface area (Å²) in [6.45, 7) is 3.61. The second-order valence-electron chi connectivity index (χ2n) is 2.69. The van der Waals surface area contributed by atoms with Gasteiger partial charge in [0.25, 0.3) is 0 Å². The van der Waals surface area contributed by atoms with E-state index in [1.165, 1.54) is 7.11 Å². The molecule has 0 aromatic carbocycles. The Labute approximate surface area is 74.0 Å². The van der Waals surface area contributed by atoms with Crippen LogP contribution in [0.15, 0.2) is 0 Å². The second-order valence-corrected chi connectivity index (χ2v) is 2.69. The molecule has 0 spiro atoms. The van der Waals surface area contributed by atoms with Crippen LogP contribution in [0.2, 0.25) is 0 Å². The third-order valence-electron chi connectivity index (χ3n) is 1.47. The molecule has 72 valence electrons. The van der Waals surface area contributed by atoms with Gasteiger partial charge in [0.15, 0.2) is 5.78 Å². The predicted molar refractivity (Wildman–Crippen MR) is 47.2 cm³/mol. The topological polar surface area (TPSA) is 35.5 Å². The van der Waals surface area contributed by atoms with Crippen LogP contribution in [-0.4, -0.2) is 32.7 Å². The fourth-order valence-electron chi connectivity index (χ4n) is 0.768. The van der Waals surface area contributed by atoms with E-state index in [4.69, 9.17) is 4.74 Å². The van der Waals surface area contributed by atoms with Gasteiger partial charge in [-0.25, -0.2) is 0 Å². The van der Waals surface area contributed by atoms with Crippen LogP contribution in [-0.2, 0) is 14.3 Å². The summed E-state index contributed by atoms with van der Waals surface area (Å²) in [5.41, 5.74) is 0. The van der Waals surface area contributed by atoms with Gasteiger partial charge in [-0.15, -0.1) is 0 Å². The molecule has 0 atom stereocenters. The van der Waals surface area contributed by atoms with Crippen LogP contribution in [0, 0.1) is 0 Å². The highest BCUT2D eigenvalue weighted by molar-refractivity contribution is 5.79. The number of carbonyl (C=O) groups is 1. The van der Waals surface area contributed by atoms with Gasteiger partial charge in [-0.2, -0.15) is 0 Å². The molecule has 3 heteroatoms. The number of carbonyl (C=O) groups excluding carboxylic acids is 1. The molecule has 0 aliphatic carbocycles. The summed E-state index contributed by atoms with van der Waals surface area (Å²) in [5, 5.41) is 0. The molecular weight excluding hydrogens is 156 g/mol. The highest BCUT2D eigenvalue weighted by Crippen LogP contribution is 1.90. The minimum Gasteiger partial charge on any atom is -0.381 e. The Morgan fingerprint density at radius 3 is 2.67 bits per heavy atom. The molecule has 0 aromatic heterocycles.